The van der Waals surface area contributed by atoms with Crippen LogP contribution in [0.3, 0.4) is 0 Å². The van der Waals surface area contributed by atoms with Crippen LogP contribution in [0.25, 0.3) is 11.1 Å². The second-order valence-corrected chi connectivity index (χ2v) is 11.4. The molecule has 0 nitrogen and oxygen atoms in total. The lowest BCUT2D eigenvalue weighted by molar-refractivity contribution is -0.0777. The molecular weight excluding hydrogens is 486 g/mol. The van der Waals surface area contributed by atoms with Crippen LogP contribution in [0, 0.1) is 46.9 Å². The van der Waals surface area contributed by atoms with E-state index in [1.54, 1.807) is 0 Å². The van der Waals surface area contributed by atoms with Crippen LogP contribution < -0.4 is 0 Å². The van der Waals surface area contributed by atoms with Gasteiger partial charge < -0.3 is 0 Å². The van der Waals surface area contributed by atoms with Crippen LogP contribution in [0.2, 0.25) is 0 Å². The molecule has 0 heterocycles. The fourth-order valence-electron chi connectivity index (χ4n) is 6.67. The molecule has 0 amide bonds. The quantitative estimate of drug-likeness (QED) is 0.174. The van der Waals surface area contributed by atoms with Crippen LogP contribution >= 0.6 is 0 Å². The predicted octanol–water partition coefficient (Wildman–Crippen LogP) is 10.3. The molecule has 2 saturated carbocycles. The van der Waals surface area contributed by atoms with Gasteiger partial charge in [0.15, 0.2) is 17.5 Å². The Morgan fingerprint density at radius 3 is 1.89 bits per heavy atom. The van der Waals surface area contributed by atoms with E-state index in [1.165, 1.54) is 63.5 Å². The first-order chi connectivity index (χ1) is 17.7. The van der Waals surface area contributed by atoms with Crippen LogP contribution in [0.4, 0.5) is 26.3 Å². The third-order valence-corrected chi connectivity index (χ3v) is 8.91. The van der Waals surface area contributed by atoms with Crippen molar-refractivity contribution in [2.24, 2.45) is 23.7 Å². The topological polar surface area (TPSA) is 0 Å². The van der Waals surface area contributed by atoms with E-state index >= 15 is 8.78 Å². The summed E-state index contributed by atoms with van der Waals surface area (Å²) in [4.78, 5) is 0. The van der Waals surface area contributed by atoms with Crippen LogP contribution in [-0.2, 0) is 6.42 Å². The van der Waals surface area contributed by atoms with Gasteiger partial charge in [-0.25, -0.2) is 26.3 Å². The first-order valence-corrected chi connectivity index (χ1v) is 14.0. The van der Waals surface area contributed by atoms with Gasteiger partial charge in [0, 0.05) is 17.9 Å². The zero-order valence-corrected chi connectivity index (χ0v) is 21.7. The lowest BCUT2D eigenvalue weighted by atomic mass is 9.67. The molecule has 2 aliphatic carbocycles. The van der Waals surface area contributed by atoms with Crippen molar-refractivity contribution >= 4 is 0 Å². The average molecular weight is 525 g/mol. The molecule has 4 rings (SSSR count). The minimum Gasteiger partial charge on any atom is -0.206 e. The van der Waals surface area contributed by atoms with E-state index in [0.717, 1.165) is 24.8 Å². The molecule has 0 unspecified atom stereocenters. The molecule has 37 heavy (non-hydrogen) atoms. The fourth-order valence-corrected chi connectivity index (χ4v) is 6.67. The van der Waals surface area contributed by atoms with E-state index in [1.807, 2.05) is 0 Å². The van der Waals surface area contributed by atoms with Crippen molar-refractivity contribution in [1.29, 1.82) is 0 Å². The molecule has 0 aromatic heterocycles. The maximum Gasteiger partial charge on any atom is 0.254 e. The van der Waals surface area contributed by atoms with E-state index < -0.39 is 41.5 Å². The maximum absolute atomic E-state index is 15.2. The summed E-state index contributed by atoms with van der Waals surface area (Å²) in [5.74, 6) is -6.99. The second kappa shape index (κ2) is 12.3. The zero-order chi connectivity index (χ0) is 26.6. The van der Waals surface area contributed by atoms with Gasteiger partial charge in [-0.1, -0.05) is 57.6 Å². The summed E-state index contributed by atoms with van der Waals surface area (Å²) in [6.45, 7) is 2.23. The Labute approximate surface area is 216 Å². The van der Waals surface area contributed by atoms with Crippen molar-refractivity contribution in [2.75, 3.05) is 0 Å². The summed E-state index contributed by atoms with van der Waals surface area (Å²) in [5.41, 5.74) is -0.205. The minimum absolute atomic E-state index is 0.137. The molecule has 6 heteroatoms. The minimum atomic E-state index is -2.95. The van der Waals surface area contributed by atoms with Crippen LogP contribution in [0.1, 0.15) is 89.5 Å². The summed E-state index contributed by atoms with van der Waals surface area (Å²) in [7, 11) is 0. The highest BCUT2D eigenvalue weighted by Gasteiger charge is 2.42. The first-order valence-electron chi connectivity index (χ1n) is 14.0. The van der Waals surface area contributed by atoms with Gasteiger partial charge in [0.2, 0.25) is 0 Å². The van der Waals surface area contributed by atoms with E-state index in [4.69, 9.17) is 0 Å². The number of alkyl halides is 2. The fraction of sp³-hybridized carbons (Fsp3) is 0.613. The number of hydrogen-bond donors (Lipinski definition) is 0. The average Bonchev–Trinajstić information content (AvgIpc) is 2.87. The zero-order valence-electron chi connectivity index (χ0n) is 21.7. The SMILES string of the molecule is CCCCCC1CCC(C2CCC(C(F)(F)Cc3ccc(-c4cc(F)c(F)c(F)c4)c(F)c3)CC2)CC1. The van der Waals surface area contributed by atoms with Gasteiger partial charge in [0.05, 0.1) is 0 Å². The molecule has 2 aromatic rings. The number of halogens is 6. The van der Waals surface area contributed by atoms with E-state index in [0.29, 0.717) is 36.8 Å². The summed E-state index contributed by atoms with van der Waals surface area (Å²) in [6.07, 6.45) is 12.3. The van der Waals surface area contributed by atoms with E-state index in [9.17, 15) is 17.6 Å². The van der Waals surface area contributed by atoms with Crippen molar-refractivity contribution in [2.45, 2.75) is 96.3 Å². The smallest absolute Gasteiger partial charge is 0.206 e. The molecule has 2 fully saturated rings. The molecule has 0 N–H and O–H groups in total. The molecule has 2 aliphatic rings. The summed E-state index contributed by atoms with van der Waals surface area (Å²) in [6, 6.07) is 4.97. The molecule has 0 saturated heterocycles. The summed E-state index contributed by atoms with van der Waals surface area (Å²) < 4.78 is 85.4. The monoisotopic (exact) mass is 524 g/mol. The molecule has 2 aromatic carbocycles. The lowest BCUT2D eigenvalue weighted by Gasteiger charge is -2.39. The highest BCUT2D eigenvalue weighted by molar-refractivity contribution is 5.64. The van der Waals surface area contributed by atoms with Gasteiger partial charge >= 0.3 is 0 Å². The third kappa shape index (κ3) is 6.92. The third-order valence-electron chi connectivity index (χ3n) is 8.91. The first kappa shape index (κ1) is 28.0. The Morgan fingerprint density at radius 1 is 0.730 bits per heavy atom. The number of unbranched alkanes of at least 4 members (excludes halogenated alkanes) is 2. The van der Waals surface area contributed by atoms with Gasteiger partial charge in [-0.2, -0.15) is 0 Å². The van der Waals surface area contributed by atoms with Crippen LogP contribution in [-0.4, -0.2) is 5.92 Å². The Hall–Kier alpha value is -1.98. The van der Waals surface area contributed by atoms with E-state index in [2.05, 4.69) is 6.92 Å². The van der Waals surface area contributed by atoms with Crippen molar-refractivity contribution < 1.29 is 26.3 Å². The molecule has 0 radical (unpaired) electrons. The lowest BCUT2D eigenvalue weighted by Crippen LogP contribution is -2.35. The normalized spacial score (nSPS) is 24.8. The van der Waals surface area contributed by atoms with Crippen molar-refractivity contribution in [3.05, 3.63) is 59.2 Å². The summed E-state index contributed by atoms with van der Waals surface area (Å²) >= 11 is 0. The van der Waals surface area contributed by atoms with Gasteiger partial charge in [0.25, 0.3) is 5.92 Å². The van der Waals surface area contributed by atoms with Gasteiger partial charge in [-0.3, -0.25) is 0 Å². The predicted molar refractivity (Wildman–Crippen MR) is 135 cm³/mol. The number of benzene rings is 2. The highest BCUT2D eigenvalue weighted by Crippen LogP contribution is 2.46. The highest BCUT2D eigenvalue weighted by atomic mass is 19.3. The largest absolute Gasteiger partial charge is 0.254 e. The molecule has 0 aliphatic heterocycles. The molecular formula is C31H38F6. The molecule has 0 atom stereocenters. The van der Waals surface area contributed by atoms with Gasteiger partial charge in [0.1, 0.15) is 5.82 Å². The Balaban J connectivity index is 1.30. The van der Waals surface area contributed by atoms with Crippen molar-refractivity contribution in [3.8, 4) is 11.1 Å². The van der Waals surface area contributed by atoms with Gasteiger partial charge in [-0.15, -0.1) is 0 Å². The Morgan fingerprint density at radius 2 is 1.32 bits per heavy atom. The Kier molecular flexibility index (Phi) is 9.29. The van der Waals surface area contributed by atoms with Crippen molar-refractivity contribution in [1.82, 2.24) is 0 Å². The number of rotatable bonds is 9. The van der Waals surface area contributed by atoms with E-state index in [-0.39, 0.29) is 16.7 Å². The van der Waals surface area contributed by atoms with Crippen molar-refractivity contribution in [3.63, 3.8) is 0 Å². The summed E-state index contributed by atoms with van der Waals surface area (Å²) in [5, 5.41) is 0. The molecule has 0 bridgehead atoms. The van der Waals surface area contributed by atoms with Crippen LogP contribution in [0.15, 0.2) is 30.3 Å². The molecule has 204 valence electrons. The maximum atomic E-state index is 15.2. The van der Waals surface area contributed by atoms with Gasteiger partial charge in [-0.05, 0) is 85.6 Å². The standard InChI is InChI=1S/C31H38F6/c1-2-3-4-5-20-6-9-22(10-7-20)23-11-13-25(14-12-23)31(36,37)19-21-8-15-26(27(32)16-21)24-17-28(33)30(35)29(34)18-24/h8,15-18,20,22-23,25H,2-7,9-14,19H2,1H3. The number of hydrogen-bond acceptors (Lipinski definition) is 0. The Bertz CT molecular complexity index is 1010. The van der Waals surface area contributed by atoms with Crippen LogP contribution in [0.5, 0.6) is 0 Å². The second-order valence-electron chi connectivity index (χ2n) is 11.4. The molecule has 0 spiro atoms.